The van der Waals surface area contributed by atoms with Gasteiger partial charge in [-0.3, -0.25) is 29.4 Å². The fourth-order valence-corrected chi connectivity index (χ4v) is 3.90. The summed E-state index contributed by atoms with van der Waals surface area (Å²) in [5.74, 6) is 2.60. The number of imide groups is 1. The zero-order valence-electron chi connectivity index (χ0n) is 23.8. The van der Waals surface area contributed by atoms with Gasteiger partial charge in [0.25, 0.3) is 5.91 Å². The van der Waals surface area contributed by atoms with Gasteiger partial charge in [0, 0.05) is 43.8 Å². The third-order valence-electron chi connectivity index (χ3n) is 5.92. The molecule has 0 aliphatic carbocycles. The summed E-state index contributed by atoms with van der Waals surface area (Å²) in [6.07, 6.45) is 7.45. The van der Waals surface area contributed by atoms with Gasteiger partial charge in [0.15, 0.2) is 0 Å². The lowest BCUT2D eigenvalue weighted by Crippen LogP contribution is -2.51. The number of piperidine rings is 1. The van der Waals surface area contributed by atoms with E-state index in [4.69, 9.17) is 9.47 Å². The first-order chi connectivity index (χ1) is 20.1. The van der Waals surface area contributed by atoms with Gasteiger partial charge < -0.3 is 19.6 Å². The average molecular weight is 578 g/mol. The number of rotatable bonds is 14. The van der Waals surface area contributed by atoms with Gasteiger partial charge in [-0.15, -0.1) is 0 Å². The highest BCUT2D eigenvalue weighted by Crippen LogP contribution is 2.14. The first kappa shape index (κ1) is 33.4. The van der Waals surface area contributed by atoms with Crippen LogP contribution in [0, 0.1) is 11.8 Å². The molecule has 1 unspecified atom stereocenters. The monoisotopic (exact) mass is 577 g/mol. The van der Waals surface area contributed by atoms with Crippen LogP contribution >= 0.6 is 0 Å². The van der Waals surface area contributed by atoms with Crippen LogP contribution in [0.2, 0.25) is 0 Å². The maximum atomic E-state index is 12.5. The third kappa shape index (κ3) is 11.7. The third-order valence-corrected chi connectivity index (χ3v) is 5.92. The number of benzene rings is 1. The molecule has 0 bridgehead atoms. The molecular formula is C31H35N3O8. The molecule has 42 heavy (non-hydrogen) atoms. The minimum Gasteiger partial charge on any atom is -0.428 e. The maximum Gasteiger partial charge on any atom is 0.342 e. The van der Waals surface area contributed by atoms with Gasteiger partial charge in [0.1, 0.15) is 6.29 Å². The molecule has 3 amide bonds. The van der Waals surface area contributed by atoms with E-state index in [0.29, 0.717) is 30.5 Å². The van der Waals surface area contributed by atoms with Gasteiger partial charge in [-0.25, -0.2) is 4.79 Å². The summed E-state index contributed by atoms with van der Waals surface area (Å²) in [4.78, 5) is 72.5. The van der Waals surface area contributed by atoms with Crippen LogP contribution in [0.3, 0.4) is 0 Å². The minimum atomic E-state index is -0.754. The Morgan fingerprint density at radius 3 is 2.69 bits per heavy atom. The van der Waals surface area contributed by atoms with E-state index in [2.05, 4.69) is 29.1 Å². The van der Waals surface area contributed by atoms with E-state index in [9.17, 15) is 28.8 Å². The number of aldehydes is 1. The van der Waals surface area contributed by atoms with Crippen LogP contribution in [-0.4, -0.2) is 73.8 Å². The molecule has 0 spiro atoms. The second-order valence-electron chi connectivity index (χ2n) is 9.36. The van der Waals surface area contributed by atoms with E-state index >= 15 is 0 Å². The van der Waals surface area contributed by atoms with E-state index < -0.39 is 30.7 Å². The van der Waals surface area contributed by atoms with Crippen molar-refractivity contribution in [2.75, 3.05) is 26.9 Å². The first-order valence-electron chi connectivity index (χ1n) is 13.4. The topological polar surface area (TPSA) is 148 Å². The Morgan fingerprint density at radius 1 is 1.21 bits per heavy atom. The Kier molecular flexibility index (Phi) is 14.1. The fraction of sp³-hybridized carbons (Fsp3) is 0.355. The number of nitrogens with one attached hydrogen (secondary N) is 2. The summed E-state index contributed by atoms with van der Waals surface area (Å²) >= 11 is 0. The predicted octanol–water partition coefficient (Wildman–Crippen LogP) is 1.98. The molecule has 2 rings (SSSR count). The molecule has 11 nitrogen and oxygen atoms in total. The molecule has 222 valence electrons. The zero-order chi connectivity index (χ0) is 30.9. The number of carbonyl (C=O) groups excluding carboxylic acids is 6. The van der Waals surface area contributed by atoms with Crippen molar-refractivity contribution in [1.82, 2.24) is 15.5 Å². The molecule has 2 N–H and O–H groups in total. The van der Waals surface area contributed by atoms with Crippen LogP contribution in [0.4, 0.5) is 0 Å². The Bertz CT molecular complexity index is 1320. The number of ether oxygens (including phenoxy) is 2. The van der Waals surface area contributed by atoms with Crippen LogP contribution in [0.15, 0.2) is 60.2 Å². The molecule has 11 heteroatoms. The number of likely N-dealkylation sites (N-methyl/N-ethyl adjacent to an activating group) is 1. The molecule has 1 saturated heterocycles. The van der Waals surface area contributed by atoms with E-state index in [1.54, 1.807) is 48.4 Å². The Balaban J connectivity index is 2.02. The molecule has 1 heterocycles. The number of hydrogen-bond acceptors (Lipinski definition) is 9. The smallest absolute Gasteiger partial charge is 0.342 e. The Labute approximate surface area is 245 Å². The first-order valence-corrected chi connectivity index (χ1v) is 13.4. The summed E-state index contributed by atoms with van der Waals surface area (Å²) in [7, 11) is 1.75. The lowest BCUT2D eigenvalue weighted by molar-refractivity contribution is -0.152. The highest BCUT2D eigenvalue weighted by molar-refractivity contribution is 6.00. The molecule has 1 aliphatic heterocycles. The maximum absolute atomic E-state index is 12.5. The number of amides is 3. The Morgan fingerprint density at radius 2 is 1.98 bits per heavy atom. The lowest BCUT2D eigenvalue weighted by atomic mass is 10.0. The number of allylic oxidation sites excluding steroid dienone is 1. The normalized spacial score (nSPS) is 14.9. The molecule has 1 aromatic rings. The van der Waals surface area contributed by atoms with Crippen molar-refractivity contribution in [1.29, 1.82) is 0 Å². The number of hydrogen-bond donors (Lipinski definition) is 2. The van der Waals surface area contributed by atoms with Crippen LogP contribution in [-0.2, 0) is 33.4 Å². The van der Waals surface area contributed by atoms with E-state index in [1.807, 2.05) is 6.92 Å². The van der Waals surface area contributed by atoms with Crippen molar-refractivity contribution < 1.29 is 38.2 Å². The van der Waals surface area contributed by atoms with E-state index in [0.717, 1.165) is 6.29 Å². The molecule has 1 fully saturated rings. The molecule has 1 aliphatic rings. The minimum absolute atomic E-state index is 0.0663. The highest BCUT2D eigenvalue weighted by atomic mass is 16.7. The molecule has 0 aromatic heterocycles. The van der Waals surface area contributed by atoms with Gasteiger partial charge in [0.2, 0.25) is 18.6 Å². The standard InChI is InChI=1S/C31H35N3O8/c1-4-9-29(38)41-21-42-31(40)25-12-6-5-11-24(25)13-15-27(36)32-19-23(10-7-8-17-35)18-22(2)20-34(3)26-14-16-28(37)33-30(26)39/h5-7,10-12,17-18,26H,2,4,8-9,14,16,19-21H2,1,3H3,(H,32,36)(H,33,37,39)/b10-7-,23-18+. The van der Waals surface area contributed by atoms with Crippen LogP contribution in [0.5, 0.6) is 0 Å². The quantitative estimate of drug-likeness (QED) is 0.0846. The SMILES string of the molecule is C=C(/C=C(\C=C/CC=O)CNC(=O)C#Cc1ccccc1C(=O)OCOC(=O)CCC)CN(C)C1CCC(=O)NC1=O. The summed E-state index contributed by atoms with van der Waals surface area (Å²) in [6, 6.07) is 5.83. The van der Waals surface area contributed by atoms with Crippen LogP contribution in [0.25, 0.3) is 0 Å². The number of carbonyl (C=O) groups is 6. The van der Waals surface area contributed by atoms with Gasteiger partial charge in [-0.2, -0.15) is 0 Å². The predicted molar refractivity (Wildman–Crippen MR) is 153 cm³/mol. The summed E-state index contributed by atoms with van der Waals surface area (Å²) in [5.41, 5.74) is 1.64. The van der Waals surface area contributed by atoms with Gasteiger partial charge in [-0.05, 0) is 43.2 Å². The molecule has 1 aromatic carbocycles. The average Bonchev–Trinajstić information content (AvgIpc) is 2.94. The van der Waals surface area contributed by atoms with Crippen LogP contribution in [0.1, 0.15) is 54.9 Å². The summed E-state index contributed by atoms with van der Waals surface area (Å²) < 4.78 is 9.83. The van der Waals surface area contributed by atoms with Crippen molar-refractivity contribution in [2.45, 2.75) is 45.1 Å². The Hall–Kier alpha value is -4.82. The van der Waals surface area contributed by atoms with Gasteiger partial charge in [-0.1, -0.05) is 49.8 Å². The number of esters is 2. The highest BCUT2D eigenvalue weighted by Gasteiger charge is 2.29. The summed E-state index contributed by atoms with van der Waals surface area (Å²) in [6.45, 7) is 5.72. The second-order valence-corrected chi connectivity index (χ2v) is 9.36. The molecule has 0 saturated carbocycles. The van der Waals surface area contributed by atoms with Crippen molar-refractivity contribution in [2.24, 2.45) is 0 Å². The lowest BCUT2D eigenvalue weighted by Gasteiger charge is -2.29. The molecular weight excluding hydrogens is 542 g/mol. The largest absolute Gasteiger partial charge is 0.428 e. The van der Waals surface area contributed by atoms with E-state index in [1.165, 1.54) is 6.07 Å². The number of nitrogens with zero attached hydrogens (tertiary/aromatic N) is 1. The molecule has 1 atom stereocenters. The van der Waals surface area contributed by atoms with Crippen LogP contribution < -0.4 is 10.6 Å². The van der Waals surface area contributed by atoms with Crippen molar-refractivity contribution in [3.05, 3.63) is 71.3 Å². The second kappa shape index (κ2) is 17.8. The summed E-state index contributed by atoms with van der Waals surface area (Å²) in [5, 5.41) is 5.00. The van der Waals surface area contributed by atoms with Crippen molar-refractivity contribution in [3.8, 4) is 11.8 Å². The van der Waals surface area contributed by atoms with Gasteiger partial charge in [0.05, 0.1) is 11.6 Å². The molecule has 0 radical (unpaired) electrons. The zero-order valence-corrected chi connectivity index (χ0v) is 23.8. The van der Waals surface area contributed by atoms with Crippen molar-refractivity contribution in [3.63, 3.8) is 0 Å². The van der Waals surface area contributed by atoms with Gasteiger partial charge >= 0.3 is 11.9 Å². The van der Waals surface area contributed by atoms with E-state index in [-0.39, 0.29) is 48.7 Å². The fourth-order valence-electron chi connectivity index (χ4n) is 3.90. The van der Waals surface area contributed by atoms with Crippen molar-refractivity contribution >= 4 is 35.9 Å².